The summed E-state index contributed by atoms with van der Waals surface area (Å²) in [5, 5.41) is 0. The summed E-state index contributed by atoms with van der Waals surface area (Å²) in [4.78, 5) is 14.5. The van der Waals surface area contributed by atoms with Crippen molar-refractivity contribution < 1.29 is 14.3 Å². The van der Waals surface area contributed by atoms with E-state index < -0.39 is 0 Å². The number of nitrogens with zero attached hydrogens (tertiary/aromatic N) is 2. The molecular weight excluding hydrogens is 513 g/mol. The molecule has 1 saturated heterocycles. The van der Waals surface area contributed by atoms with Gasteiger partial charge in [0.2, 0.25) is 0 Å². The zero-order chi connectivity index (χ0) is 20.9. The molecule has 0 unspecified atom stereocenters. The number of hydrogen-bond acceptors (Lipinski definition) is 6. The Balaban J connectivity index is 1.46. The van der Waals surface area contributed by atoms with Crippen LogP contribution in [0.2, 0.25) is 0 Å². The van der Waals surface area contributed by atoms with Gasteiger partial charge in [-0.2, -0.15) is 0 Å². The summed E-state index contributed by atoms with van der Waals surface area (Å²) < 4.78 is 16.3. The van der Waals surface area contributed by atoms with Crippen LogP contribution in [0, 0.1) is 0 Å². The Hall–Kier alpha value is -2.17. The minimum Gasteiger partial charge on any atom is -0.487 e. The fourth-order valence-electron chi connectivity index (χ4n) is 3.51. The number of rotatable bonds is 8. The lowest BCUT2D eigenvalue weighted by Gasteiger charge is -2.41. The van der Waals surface area contributed by atoms with Crippen molar-refractivity contribution in [2.75, 3.05) is 25.1 Å². The molecule has 0 amide bonds. The summed E-state index contributed by atoms with van der Waals surface area (Å²) >= 11 is 2.22. The van der Waals surface area contributed by atoms with Gasteiger partial charge < -0.3 is 18.9 Å². The molecular formula is C22H22IN3O3S. The Bertz CT molecular complexity index is 989. The summed E-state index contributed by atoms with van der Waals surface area (Å²) in [6.45, 7) is 2.34. The fraction of sp³-hybridized carbons (Fsp3) is 0.227. The number of aromatic nitrogens is 1. The highest BCUT2D eigenvalue weighted by Crippen LogP contribution is 2.33. The Morgan fingerprint density at radius 2 is 1.87 bits per heavy atom. The maximum Gasteiger partial charge on any atom is 0.340 e. The van der Waals surface area contributed by atoms with Crippen LogP contribution in [0.5, 0.6) is 5.75 Å². The highest BCUT2D eigenvalue weighted by Gasteiger charge is 2.31. The van der Waals surface area contributed by atoms with Crippen LogP contribution in [0.4, 0.5) is 5.69 Å². The van der Waals surface area contributed by atoms with Gasteiger partial charge in [-0.25, -0.2) is 4.79 Å². The smallest absolute Gasteiger partial charge is 0.340 e. The largest absolute Gasteiger partial charge is 0.487 e. The first-order chi connectivity index (χ1) is 14.7. The van der Waals surface area contributed by atoms with Crippen molar-refractivity contribution in [2.45, 2.75) is 12.6 Å². The van der Waals surface area contributed by atoms with Crippen LogP contribution in [0.15, 0.2) is 67.0 Å². The van der Waals surface area contributed by atoms with Gasteiger partial charge in [-0.3, -0.25) is 4.72 Å². The average molecular weight is 535 g/mol. The van der Waals surface area contributed by atoms with Crippen LogP contribution in [-0.2, 0) is 11.3 Å². The lowest BCUT2D eigenvalue weighted by molar-refractivity contribution is 0.0601. The minimum atomic E-state index is -0.343. The van der Waals surface area contributed by atoms with Crippen molar-refractivity contribution in [3.05, 3.63) is 78.1 Å². The number of methoxy groups -OCH3 is 1. The molecule has 6 nitrogen and oxygen atoms in total. The number of para-hydroxylation sites is 1. The molecule has 0 spiro atoms. The molecule has 1 aliphatic rings. The third-order valence-electron chi connectivity index (χ3n) is 5.03. The first kappa shape index (κ1) is 21.1. The molecule has 0 bridgehead atoms. The zero-order valence-corrected chi connectivity index (χ0v) is 19.4. The third kappa shape index (κ3) is 4.60. The van der Waals surface area contributed by atoms with Crippen molar-refractivity contribution in [1.29, 1.82) is 0 Å². The molecule has 156 valence electrons. The lowest BCUT2D eigenvalue weighted by atomic mass is 10.1. The van der Waals surface area contributed by atoms with E-state index in [1.807, 2.05) is 53.4 Å². The van der Waals surface area contributed by atoms with Gasteiger partial charge >= 0.3 is 5.97 Å². The number of benzene rings is 2. The molecule has 2 heterocycles. The zero-order valence-electron chi connectivity index (χ0n) is 16.5. The van der Waals surface area contributed by atoms with E-state index >= 15 is 0 Å². The van der Waals surface area contributed by atoms with Gasteiger partial charge in [0.15, 0.2) is 0 Å². The Morgan fingerprint density at radius 1 is 1.13 bits per heavy atom. The van der Waals surface area contributed by atoms with E-state index in [9.17, 15) is 4.79 Å². The number of carbonyl (C=O) groups excluding carboxylic acids is 1. The second-order valence-electron chi connectivity index (χ2n) is 6.94. The molecule has 2 aromatic carbocycles. The van der Waals surface area contributed by atoms with Crippen LogP contribution >= 0.6 is 30.3 Å². The van der Waals surface area contributed by atoms with E-state index in [1.165, 1.54) is 12.7 Å². The van der Waals surface area contributed by atoms with Gasteiger partial charge in [-0.05, 0) is 51.1 Å². The quantitative estimate of drug-likeness (QED) is 0.258. The van der Waals surface area contributed by atoms with E-state index in [0.717, 1.165) is 36.8 Å². The topological polar surface area (TPSA) is 55.7 Å². The average Bonchev–Trinajstić information content (AvgIpc) is 3.29. The predicted molar refractivity (Wildman–Crippen MR) is 129 cm³/mol. The van der Waals surface area contributed by atoms with Gasteiger partial charge in [0.05, 0.1) is 37.1 Å². The number of esters is 1. The summed E-state index contributed by atoms with van der Waals surface area (Å²) in [5.74, 6) is 0.531. The van der Waals surface area contributed by atoms with E-state index in [1.54, 1.807) is 15.2 Å². The Labute approximate surface area is 192 Å². The molecule has 1 fully saturated rings. The molecule has 1 N–H and O–H groups in total. The van der Waals surface area contributed by atoms with E-state index in [-0.39, 0.29) is 12.1 Å². The molecule has 3 aromatic rings. The van der Waals surface area contributed by atoms with Crippen molar-refractivity contribution in [3.63, 3.8) is 0 Å². The molecule has 0 atom stereocenters. The molecule has 1 aromatic heterocycles. The van der Waals surface area contributed by atoms with Gasteiger partial charge in [0.1, 0.15) is 11.9 Å². The van der Waals surface area contributed by atoms with Crippen molar-refractivity contribution in [3.8, 4) is 11.4 Å². The van der Waals surface area contributed by atoms with Crippen LogP contribution in [0.25, 0.3) is 5.69 Å². The summed E-state index contributed by atoms with van der Waals surface area (Å²) in [6, 6.07) is 17.8. The van der Waals surface area contributed by atoms with Crippen molar-refractivity contribution in [1.82, 2.24) is 9.29 Å². The third-order valence-corrected chi connectivity index (χ3v) is 6.22. The SMILES string of the molecule is COC(=O)c1cccc(N2CC(Oc3ccc(CNSI)cc3)C2)c1-n1cccc1. The van der Waals surface area contributed by atoms with Gasteiger partial charge in [0.25, 0.3) is 0 Å². The molecule has 0 aliphatic carbocycles. The lowest BCUT2D eigenvalue weighted by Crippen LogP contribution is -2.54. The van der Waals surface area contributed by atoms with E-state index in [2.05, 4.69) is 43.0 Å². The monoisotopic (exact) mass is 535 g/mol. The van der Waals surface area contributed by atoms with Crippen LogP contribution in [0.1, 0.15) is 15.9 Å². The van der Waals surface area contributed by atoms with Crippen LogP contribution < -0.4 is 14.4 Å². The maximum absolute atomic E-state index is 12.3. The van der Waals surface area contributed by atoms with Gasteiger partial charge in [-0.15, -0.1) is 0 Å². The Kier molecular flexibility index (Phi) is 6.86. The molecule has 8 heteroatoms. The number of anilines is 1. The fourth-order valence-corrected chi connectivity index (χ4v) is 4.20. The van der Waals surface area contributed by atoms with Crippen LogP contribution in [-0.4, -0.2) is 36.8 Å². The standard InChI is InChI=1S/C22H22IN3O3S/c1-28-22(27)19-5-4-6-20(21(19)25-11-2-3-12-25)26-14-18(15-26)29-17-9-7-16(8-10-17)13-24-30-23/h2-12,18,24H,13-15H2,1H3. The number of ether oxygens (including phenoxy) is 2. The second kappa shape index (κ2) is 9.76. The van der Waals surface area contributed by atoms with Crippen LogP contribution in [0.3, 0.4) is 0 Å². The molecule has 4 rings (SSSR count). The first-order valence-electron chi connectivity index (χ1n) is 9.55. The number of carbonyl (C=O) groups is 1. The molecule has 0 radical (unpaired) electrons. The highest BCUT2D eigenvalue weighted by atomic mass is 127. The second-order valence-corrected chi connectivity index (χ2v) is 8.71. The highest BCUT2D eigenvalue weighted by molar-refractivity contribution is 14.2. The number of nitrogens with one attached hydrogen (secondary N) is 1. The van der Waals surface area contributed by atoms with Gasteiger partial charge in [0, 0.05) is 40.1 Å². The summed E-state index contributed by atoms with van der Waals surface area (Å²) in [7, 11) is 2.99. The van der Waals surface area contributed by atoms with E-state index in [4.69, 9.17) is 9.47 Å². The number of hydrogen-bond donors (Lipinski definition) is 1. The Morgan fingerprint density at radius 3 is 2.53 bits per heavy atom. The maximum atomic E-state index is 12.3. The van der Waals surface area contributed by atoms with Gasteiger partial charge in [-0.1, -0.05) is 18.2 Å². The number of halogens is 1. The summed E-state index contributed by atoms with van der Waals surface area (Å²) in [5.41, 5.74) is 3.59. The minimum absolute atomic E-state index is 0.109. The molecule has 1 aliphatic heterocycles. The predicted octanol–water partition coefficient (Wildman–Crippen LogP) is 4.62. The van der Waals surface area contributed by atoms with Crippen molar-refractivity contribution in [2.24, 2.45) is 0 Å². The van der Waals surface area contributed by atoms with Crippen molar-refractivity contribution >= 4 is 42.0 Å². The molecule has 30 heavy (non-hydrogen) atoms. The first-order valence-corrected chi connectivity index (χ1v) is 12.9. The van der Waals surface area contributed by atoms with E-state index in [0.29, 0.717) is 5.56 Å². The normalized spacial score (nSPS) is 13.7. The molecule has 0 saturated carbocycles. The summed E-state index contributed by atoms with van der Waals surface area (Å²) in [6.07, 6.45) is 3.98.